The Bertz CT molecular complexity index is 534. The van der Waals surface area contributed by atoms with E-state index in [0.29, 0.717) is 22.2 Å². The summed E-state index contributed by atoms with van der Waals surface area (Å²) in [5.41, 5.74) is 0.754. The topological polar surface area (TPSA) is 73.7 Å². The first kappa shape index (κ1) is 15.0. The van der Waals surface area contributed by atoms with Crippen LogP contribution in [0.5, 0.6) is 0 Å². The number of hydrogen-bond donors (Lipinski definition) is 2. The molecule has 106 valence electrons. The van der Waals surface area contributed by atoms with Crippen molar-refractivity contribution in [3.8, 4) is 0 Å². The van der Waals surface area contributed by atoms with Gasteiger partial charge in [-0.05, 0) is 24.6 Å². The molecule has 0 radical (unpaired) electrons. The molecule has 0 spiro atoms. The Balaban J connectivity index is 2.03. The number of pyridine rings is 1. The van der Waals surface area contributed by atoms with Gasteiger partial charge in [0.25, 0.3) is 0 Å². The van der Waals surface area contributed by atoms with E-state index in [0.717, 1.165) is 5.69 Å². The average Bonchev–Trinajstić information content (AvgIpc) is 2.67. The summed E-state index contributed by atoms with van der Waals surface area (Å²) in [6, 6.07) is 5.54. The first-order valence-corrected chi connectivity index (χ1v) is 7.31. The lowest BCUT2D eigenvalue weighted by Gasteiger charge is -2.20. The monoisotopic (exact) mass is 310 g/mol. The lowest BCUT2D eigenvalue weighted by molar-refractivity contribution is -0.137. The minimum atomic E-state index is -0.846. The number of carboxylic acid groups (broad SMARTS) is 1. The van der Waals surface area contributed by atoms with Crippen LogP contribution in [-0.4, -0.2) is 43.2 Å². The van der Waals surface area contributed by atoms with Crippen LogP contribution in [0.25, 0.3) is 6.08 Å². The van der Waals surface area contributed by atoms with Crippen LogP contribution >= 0.6 is 24.0 Å². The maximum atomic E-state index is 10.5. The second-order valence-electron chi connectivity index (χ2n) is 4.23. The van der Waals surface area contributed by atoms with E-state index in [-0.39, 0.29) is 6.42 Å². The third-order valence-corrected chi connectivity index (χ3v) is 4.21. The second kappa shape index (κ2) is 6.83. The zero-order valence-corrected chi connectivity index (χ0v) is 12.2. The summed E-state index contributed by atoms with van der Waals surface area (Å²) in [7, 11) is 0. The van der Waals surface area contributed by atoms with Gasteiger partial charge in [-0.1, -0.05) is 30.0 Å². The summed E-state index contributed by atoms with van der Waals surface area (Å²) >= 11 is 6.53. The molecule has 0 aliphatic carbocycles. The van der Waals surface area contributed by atoms with Crippen molar-refractivity contribution in [1.82, 2.24) is 9.88 Å². The third-order valence-electron chi connectivity index (χ3n) is 2.76. The van der Waals surface area contributed by atoms with Crippen LogP contribution in [-0.2, 0) is 4.79 Å². The first-order chi connectivity index (χ1) is 9.58. The van der Waals surface area contributed by atoms with Crippen molar-refractivity contribution in [2.45, 2.75) is 19.1 Å². The molecule has 1 aliphatic rings. The number of thioether (sulfide) groups is 1. The molecular weight excluding hydrogens is 296 g/mol. The van der Waals surface area contributed by atoms with Gasteiger partial charge in [0.2, 0.25) is 0 Å². The number of aliphatic carboxylic acids is 1. The highest BCUT2D eigenvalue weighted by Gasteiger charge is 2.31. The Kier molecular flexibility index (Phi) is 5.11. The van der Waals surface area contributed by atoms with E-state index in [2.05, 4.69) is 4.98 Å². The first-order valence-electron chi connectivity index (χ1n) is 6.09. The molecule has 0 amide bonds. The Hall–Kier alpha value is -1.44. The lowest BCUT2D eigenvalue weighted by Crippen LogP contribution is -2.33. The van der Waals surface area contributed by atoms with Crippen LogP contribution in [0, 0.1) is 0 Å². The highest BCUT2D eigenvalue weighted by Crippen LogP contribution is 2.35. The Morgan fingerprint density at radius 3 is 3.00 bits per heavy atom. The Morgan fingerprint density at radius 1 is 1.55 bits per heavy atom. The maximum absolute atomic E-state index is 10.5. The van der Waals surface area contributed by atoms with Gasteiger partial charge in [0, 0.05) is 24.1 Å². The summed E-state index contributed by atoms with van der Waals surface area (Å²) in [4.78, 5) is 17.0. The van der Waals surface area contributed by atoms with E-state index in [1.165, 1.54) is 11.8 Å². The Labute approximate surface area is 126 Å². The number of carbonyl (C=O) groups is 1. The summed E-state index contributed by atoms with van der Waals surface area (Å²) in [6.07, 6.45) is 3.17. The molecule has 1 saturated heterocycles. The van der Waals surface area contributed by atoms with Crippen LogP contribution in [0.2, 0.25) is 0 Å². The smallest absolute Gasteiger partial charge is 0.303 e. The van der Waals surface area contributed by atoms with Crippen molar-refractivity contribution in [1.29, 1.82) is 0 Å². The van der Waals surface area contributed by atoms with Gasteiger partial charge in [0.15, 0.2) is 6.23 Å². The zero-order valence-electron chi connectivity index (χ0n) is 10.6. The molecule has 1 fully saturated rings. The largest absolute Gasteiger partial charge is 0.481 e. The predicted molar refractivity (Wildman–Crippen MR) is 82.0 cm³/mol. The summed E-state index contributed by atoms with van der Waals surface area (Å²) < 4.78 is 0.560. The van der Waals surface area contributed by atoms with Crippen LogP contribution in [0.15, 0.2) is 29.3 Å². The van der Waals surface area contributed by atoms with Crippen molar-refractivity contribution >= 4 is 40.3 Å². The molecule has 2 N–H and O–H groups in total. The number of carboxylic acids is 1. The number of aliphatic hydroxyl groups is 1. The molecule has 2 heterocycles. The minimum absolute atomic E-state index is 0.0653. The standard InChI is InChI=1S/C13H14N2O3S2/c16-11(17)5-3-7-15-12(18)10(20-13(15)19)8-9-4-1-2-6-14-9/h1-2,4,6,8,12,18H,3,5,7H2,(H,16,17)/b10-8+. The molecule has 1 aliphatic heterocycles. The van der Waals surface area contributed by atoms with Crippen molar-refractivity contribution in [2.75, 3.05) is 6.54 Å². The van der Waals surface area contributed by atoms with Crippen LogP contribution in [0.3, 0.4) is 0 Å². The normalized spacial score (nSPS) is 20.6. The fourth-order valence-corrected chi connectivity index (χ4v) is 3.19. The number of rotatable bonds is 5. The van der Waals surface area contributed by atoms with Gasteiger partial charge in [0.1, 0.15) is 4.32 Å². The van der Waals surface area contributed by atoms with E-state index in [4.69, 9.17) is 17.3 Å². The highest BCUT2D eigenvalue weighted by molar-refractivity contribution is 8.25. The minimum Gasteiger partial charge on any atom is -0.481 e. The molecule has 1 unspecified atom stereocenters. The lowest BCUT2D eigenvalue weighted by atomic mass is 10.2. The van der Waals surface area contributed by atoms with Gasteiger partial charge in [-0.2, -0.15) is 0 Å². The van der Waals surface area contributed by atoms with Crippen molar-refractivity contribution in [3.05, 3.63) is 35.0 Å². The van der Waals surface area contributed by atoms with E-state index < -0.39 is 12.2 Å². The molecule has 2 rings (SSSR count). The van der Waals surface area contributed by atoms with Crippen LogP contribution in [0.4, 0.5) is 0 Å². The van der Waals surface area contributed by atoms with Crippen LogP contribution < -0.4 is 0 Å². The van der Waals surface area contributed by atoms with Crippen molar-refractivity contribution in [2.24, 2.45) is 0 Å². The number of aliphatic hydroxyl groups excluding tert-OH is 1. The number of thiocarbonyl (C=S) groups is 1. The van der Waals surface area contributed by atoms with Crippen LogP contribution in [0.1, 0.15) is 18.5 Å². The van der Waals surface area contributed by atoms with E-state index in [1.54, 1.807) is 17.2 Å². The molecule has 1 aromatic rings. The molecule has 7 heteroatoms. The summed E-state index contributed by atoms with van der Waals surface area (Å²) in [6.45, 7) is 0.429. The van der Waals surface area contributed by atoms with Gasteiger partial charge >= 0.3 is 5.97 Å². The molecule has 5 nitrogen and oxygen atoms in total. The quantitative estimate of drug-likeness (QED) is 0.805. The number of nitrogens with zero attached hydrogens (tertiary/aromatic N) is 2. The van der Waals surface area contributed by atoms with Crippen molar-refractivity contribution in [3.63, 3.8) is 0 Å². The average molecular weight is 310 g/mol. The molecule has 1 atom stereocenters. The van der Waals surface area contributed by atoms with Gasteiger partial charge in [-0.3, -0.25) is 9.78 Å². The van der Waals surface area contributed by atoms with E-state index >= 15 is 0 Å². The fraction of sp³-hybridized carbons (Fsp3) is 0.308. The van der Waals surface area contributed by atoms with Gasteiger partial charge in [-0.25, -0.2) is 0 Å². The summed E-state index contributed by atoms with van der Waals surface area (Å²) in [5, 5.41) is 18.8. The fourth-order valence-electron chi connectivity index (χ4n) is 1.79. The van der Waals surface area contributed by atoms with E-state index in [9.17, 15) is 9.90 Å². The van der Waals surface area contributed by atoms with E-state index in [1.807, 2.05) is 18.2 Å². The Morgan fingerprint density at radius 2 is 2.35 bits per heavy atom. The second-order valence-corrected chi connectivity index (χ2v) is 5.94. The molecule has 0 saturated carbocycles. The molecular formula is C13H14N2O3S2. The molecule has 0 aromatic carbocycles. The van der Waals surface area contributed by atoms with Gasteiger partial charge in [-0.15, -0.1) is 0 Å². The maximum Gasteiger partial charge on any atom is 0.303 e. The number of hydrogen-bond acceptors (Lipinski definition) is 5. The number of aromatic nitrogens is 1. The molecule has 20 heavy (non-hydrogen) atoms. The molecule has 0 bridgehead atoms. The van der Waals surface area contributed by atoms with Gasteiger partial charge < -0.3 is 15.1 Å². The molecule has 1 aromatic heterocycles. The zero-order chi connectivity index (χ0) is 14.5. The van der Waals surface area contributed by atoms with Crippen molar-refractivity contribution < 1.29 is 15.0 Å². The summed E-state index contributed by atoms with van der Waals surface area (Å²) in [5.74, 6) is -0.846. The predicted octanol–water partition coefficient (Wildman–Crippen LogP) is 1.94. The van der Waals surface area contributed by atoms with Gasteiger partial charge in [0.05, 0.1) is 5.69 Å². The third kappa shape index (κ3) is 3.78. The highest BCUT2D eigenvalue weighted by atomic mass is 32.2. The SMILES string of the molecule is O=C(O)CCCN1C(=S)S/C(=C/c2ccccn2)C1O.